The predicted octanol–water partition coefficient (Wildman–Crippen LogP) is 1.47. The summed E-state index contributed by atoms with van der Waals surface area (Å²) in [6.45, 7) is -0.312. The highest BCUT2D eigenvalue weighted by Gasteiger charge is 2.19. The highest BCUT2D eigenvalue weighted by Crippen LogP contribution is 2.24. The summed E-state index contributed by atoms with van der Waals surface area (Å²) in [5.41, 5.74) is 0.804. The van der Waals surface area contributed by atoms with E-state index in [0.29, 0.717) is 11.3 Å². The molecule has 6 nitrogen and oxygen atoms in total. The molecule has 0 saturated carbocycles. The molecule has 1 aromatic carbocycles. The molecule has 0 aliphatic rings. The fourth-order valence-corrected chi connectivity index (χ4v) is 1.88. The van der Waals surface area contributed by atoms with Crippen molar-refractivity contribution in [2.45, 2.75) is 0 Å². The van der Waals surface area contributed by atoms with Crippen molar-refractivity contribution in [1.82, 2.24) is 0 Å². The van der Waals surface area contributed by atoms with Crippen LogP contribution in [0.5, 0.6) is 0 Å². The Hall–Kier alpha value is -2.07. The van der Waals surface area contributed by atoms with Crippen molar-refractivity contribution in [3.8, 4) is 6.07 Å². The first-order valence-corrected chi connectivity index (χ1v) is 6.39. The van der Waals surface area contributed by atoms with Gasteiger partial charge in [0.1, 0.15) is 19.2 Å². The Morgan fingerprint density at radius 1 is 1.25 bits per heavy atom. The van der Waals surface area contributed by atoms with Crippen LogP contribution in [0.3, 0.4) is 0 Å². The van der Waals surface area contributed by atoms with Crippen LogP contribution in [0.4, 0.5) is 5.69 Å². The Labute approximate surface area is 125 Å². The van der Waals surface area contributed by atoms with Crippen LogP contribution in [0, 0.1) is 11.3 Å². The van der Waals surface area contributed by atoms with Crippen LogP contribution in [-0.2, 0) is 19.1 Å². The fraction of sp³-hybridized carbons (Fsp3) is 0.308. The van der Waals surface area contributed by atoms with Crippen molar-refractivity contribution in [2.24, 2.45) is 0 Å². The third-order valence-corrected chi connectivity index (χ3v) is 3.01. The average Bonchev–Trinajstić information content (AvgIpc) is 2.46. The van der Waals surface area contributed by atoms with Gasteiger partial charge in [-0.05, 0) is 18.2 Å². The van der Waals surface area contributed by atoms with Crippen molar-refractivity contribution in [3.63, 3.8) is 0 Å². The van der Waals surface area contributed by atoms with Crippen LogP contribution in [-0.4, -0.2) is 39.2 Å². The summed E-state index contributed by atoms with van der Waals surface area (Å²) in [4.78, 5) is 24.3. The lowest BCUT2D eigenvalue weighted by Crippen LogP contribution is -2.36. The summed E-state index contributed by atoms with van der Waals surface area (Å²) in [7, 11) is 2.51. The largest absolute Gasteiger partial charge is 0.468 e. The van der Waals surface area contributed by atoms with Crippen LogP contribution in [0.2, 0.25) is 0 Å². The number of ether oxygens (including phenoxy) is 2. The van der Waals surface area contributed by atoms with E-state index in [4.69, 9.17) is 5.26 Å². The van der Waals surface area contributed by atoms with Gasteiger partial charge in [0, 0.05) is 4.47 Å². The number of esters is 2. The molecule has 0 heterocycles. The maximum absolute atomic E-state index is 11.4. The second kappa shape index (κ2) is 7.50. The smallest absolute Gasteiger partial charge is 0.325 e. The van der Waals surface area contributed by atoms with Crippen LogP contribution >= 0.6 is 15.9 Å². The molecule has 1 aromatic rings. The second-order valence-electron chi connectivity index (χ2n) is 3.78. The number of nitrogens with zero attached hydrogens (tertiary/aromatic N) is 2. The van der Waals surface area contributed by atoms with E-state index >= 15 is 0 Å². The molecule has 106 valence electrons. The topological polar surface area (TPSA) is 79.6 Å². The molecule has 0 radical (unpaired) electrons. The maximum atomic E-state index is 11.4. The zero-order valence-corrected chi connectivity index (χ0v) is 12.6. The van der Waals surface area contributed by atoms with E-state index in [1.807, 2.05) is 6.07 Å². The molecule has 0 aromatic heterocycles. The summed E-state index contributed by atoms with van der Waals surface area (Å²) in [6.07, 6.45) is 0. The van der Waals surface area contributed by atoms with Crippen LogP contribution in [0.25, 0.3) is 0 Å². The lowest BCUT2D eigenvalue weighted by atomic mass is 10.1. The normalized spacial score (nSPS) is 9.50. The predicted molar refractivity (Wildman–Crippen MR) is 75.1 cm³/mol. The van der Waals surface area contributed by atoms with Gasteiger partial charge in [-0.1, -0.05) is 15.9 Å². The number of nitriles is 1. The minimum atomic E-state index is -0.516. The van der Waals surface area contributed by atoms with E-state index in [0.717, 1.165) is 4.47 Å². The van der Waals surface area contributed by atoms with Gasteiger partial charge in [0.25, 0.3) is 0 Å². The number of anilines is 1. The molecule has 0 saturated heterocycles. The molecule has 0 unspecified atom stereocenters. The van der Waals surface area contributed by atoms with Gasteiger partial charge in [0.05, 0.1) is 25.5 Å². The highest BCUT2D eigenvalue weighted by molar-refractivity contribution is 9.10. The minimum absolute atomic E-state index is 0.156. The summed E-state index contributed by atoms with van der Waals surface area (Å²) in [6, 6.07) is 6.98. The quantitative estimate of drug-likeness (QED) is 0.755. The van der Waals surface area contributed by atoms with Crippen molar-refractivity contribution < 1.29 is 19.1 Å². The second-order valence-corrected chi connectivity index (χ2v) is 4.70. The third-order valence-electron chi connectivity index (χ3n) is 2.52. The zero-order valence-electron chi connectivity index (χ0n) is 11.1. The van der Waals surface area contributed by atoms with Crippen molar-refractivity contribution in [1.29, 1.82) is 5.26 Å². The molecule has 0 aliphatic heterocycles. The summed E-state index contributed by atoms with van der Waals surface area (Å²) < 4.78 is 9.92. The van der Waals surface area contributed by atoms with Gasteiger partial charge >= 0.3 is 11.9 Å². The van der Waals surface area contributed by atoms with Gasteiger partial charge in [-0.25, -0.2) is 0 Å². The van der Waals surface area contributed by atoms with E-state index in [1.54, 1.807) is 18.2 Å². The molecular weight excluding hydrogens is 328 g/mol. The van der Waals surface area contributed by atoms with E-state index < -0.39 is 11.9 Å². The van der Waals surface area contributed by atoms with Crippen LogP contribution in [0.1, 0.15) is 5.56 Å². The summed E-state index contributed by atoms with van der Waals surface area (Å²) in [5.74, 6) is -1.03. The fourth-order valence-electron chi connectivity index (χ4n) is 1.53. The number of halogens is 1. The third kappa shape index (κ3) is 4.24. The average molecular weight is 341 g/mol. The number of rotatable bonds is 5. The number of carbonyl (C=O) groups is 2. The molecule has 0 aliphatic carbocycles. The Bertz CT molecular complexity index is 536. The molecule has 0 amide bonds. The van der Waals surface area contributed by atoms with E-state index in [2.05, 4.69) is 25.4 Å². The van der Waals surface area contributed by atoms with Crippen molar-refractivity contribution in [3.05, 3.63) is 28.2 Å². The lowest BCUT2D eigenvalue weighted by molar-refractivity contribution is -0.140. The summed E-state index contributed by atoms with van der Waals surface area (Å²) >= 11 is 3.29. The Kier molecular flexibility index (Phi) is 6.00. The number of hydrogen-bond acceptors (Lipinski definition) is 6. The van der Waals surface area contributed by atoms with Crippen molar-refractivity contribution >= 4 is 33.6 Å². The molecule has 1 rings (SSSR count). The van der Waals surface area contributed by atoms with Gasteiger partial charge in [-0.15, -0.1) is 0 Å². The van der Waals surface area contributed by atoms with Crippen LogP contribution in [0.15, 0.2) is 22.7 Å². The van der Waals surface area contributed by atoms with E-state index in [9.17, 15) is 9.59 Å². The SMILES string of the molecule is COC(=O)CN(CC(=O)OC)c1cc(Br)ccc1C#N. The molecule has 0 N–H and O–H groups in total. The van der Waals surface area contributed by atoms with Gasteiger partial charge in [-0.2, -0.15) is 5.26 Å². The number of methoxy groups -OCH3 is 2. The molecule has 7 heteroatoms. The standard InChI is InChI=1S/C13H13BrN2O4/c1-19-12(17)7-16(8-13(18)20-2)11-5-10(14)4-3-9(11)6-15/h3-5H,7-8H2,1-2H3. The monoisotopic (exact) mass is 340 g/mol. The zero-order chi connectivity index (χ0) is 15.1. The molecule has 0 fully saturated rings. The first-order valence-electron chi connectivity index (χ1n) is 5.60. The Morgan fingerprint density at radius 2 is 1.80 bits per heavy atom. The lowest BCUT2D eigenvalue weighted by Gasteiger charge is -2.23. The van der Waals surface area contributed by atoms with E-state index in [-0.39, 0.29) is 13.1 Å². The number of hydrogen-bond donors (Lipinski definition) is 0. The van der Waals surface area contributed by atoms with Gasteiger partial charge < -0.3 is 14.4 Å². The number of benzene rings is 1. The molecule has 0 spiro atoms. The van der Waals surface area contributed by atoms with E-state index in [1.165, 1.54) is 19.1 Å². The van der Waals surface area contributed by atoms with Gasteiger partial charge in [-0.3, -0.25) is 9.59 Å². The van der Waals surface area contributed by atoms with Crippen LogP contribution < -0.4 is 4.90 Å². The molecule has 20 heavy (non-hydrogen) atoms. The van der Waals surface area contributed by atoms with Crippen molar-refractivity contribution in [2.75, 3.05) is 32.2 Å². The number of carbonyl (C=O) groups excluding carboxylic acids is 2. The Balaban J connectivity index is 3.15. The summed E-state index contributed by atoms with van der Waals surface area (Å²) in [5, 5.41) is 9.12. The minimum Gasteiger partial charge on any atom is -0.468 e. The molecule has 0 bridgehead atoms. The molecule has 0 atom stereocenters. The Morgan fingerprint density at radius 3 is 2.25 bits per heavy atom. The first kappa shape index (κ1) is 16.0. The molecular formula is C13H13BrN2O4. The first-order chi connectivity index (χ1) is 9.51. The van der Waals surface area contributed by atoms with Gasteiger partial charge in [0.15, 0.2) is 0 Å². The highest BCUT2D eigenvalue weighted by atomic mass is 79.9. The van der Waals surface area contributed by atoms with Gasteiger partial charge in [0.2, 0.25) is 0 Å². The maximum Gasteiger partial charge on any atom is 0.325 e.